The summed E-state index contributed by atoms with van der Waals surface area (Å²) in [5, 5.41) is 13.3. The number of sulfonamides is 1. The largest absolute Gasteiger partial charge is 0.355 e. The number of halogens is 1. The van der Waals surface area contributed by atoms with Crippen LogP contribution in [0.5, 0.6) is 0 Å². The molecule has 0 aliphatic carbocycles. The quantitative estimate of drug-likeness (QED) is 0.647. The van der Waals surface area contributed by atoms with Crippen molar-refractivity contribution >= 4 is 44.6 Å². The van der Waals surface area contributed by atoms with E-state index < -0.39 is 20.6 Å². The van der Waals surface area contributed by atoms with Crippen molar-refractivity contribution in [2.75, 3.05) is 19.6 Å². The van der Waals surface area contributed by atoms with Gasteiger partial charge in [-0.3, -0.25) is 14.9 Å². The zero-order valence-electron chi connectivity index (χ0n) is 10.0. The Morgan fingerprint density at radius 2 is 2.15 bits per heavy atom. The van der Waals surface area contributed by atoms with Crippen LogP contribution in [-0.4, -0.2) is 43.2 Å². The molecule has 1 aromatic heterocycles. The summed E-state index contributed by atoms with van der Waals surface area (Å²) in [5.41, 5.74) is -0.431. The SMILES string of the molecule is O=C1CCN(S(=O)(=O)c2cc([N+](=O)[O-])c(Cl)s2)CCN1. The van der Waals surface area contributed by atoms with Crippen LogP contribution in [0.4, 0.5) is 5.69 Å². The molecule has 0 spiro atoms. The molecule has 1 aromatic rings. The van der Waals surface area contributed by atoms with E-state index >= 15 is 0 Å². The Labute approximate surface area is 123 Å². The molecule has 1 aliphatic rings. The summed E-state index contributed by atoms with van der Waals surface area (Å²) in [6.45, 7) is 0.369. The summed E-state index contributed by atoms with van der Waals surface area (Å²) in [6, 6.07) is 0.947. The minimum absolute atomic E-state index is 0.0392. The van der Waals surface area contributed by atoms with Gasteiger partial charge in [-0.05, 0) is 0 Å². The third-order valence-electron chi connectivity index (χ3n) is 2.71. The van der Waals surface area contributed by atoms with E-state index in [1.54, 1.807) is 0 Å². The summed E-state index contributed by atoms with van der Waals surface area (Å²) < 4.78 is 25.4. The number of carbonyl (C=O) groups is 1. The molecule has 2 rings (SSSR count). The number of rotatable bonds is 3. The van der Waals surface area contributed by atoms with Gasteiger partial charge in [0, 0.05) is 32.1 Å². The Morgan fingerprint density at radius 3 is 2.75 bits per heavy atom. The van der Waals surface area contributed by atoms with E-state index in [2.05, 4.69) is 5.32 Å². The van der Waals surface area contributed by atoms with Crippen LogP contribution in [0.3, 0.4) is 0 Å². The smallest absolute Gasteiger partial charge is 0.300 e. The first kappa shape index (κ1) is 15.2. The second-order valence-corrected chi connectivity index (χ2v) is 7.80. The fourth-order valence-electron chi connectivity index (χ4n) is 1.70. The third kappa shape index (κ3) is 2.92. The maximum absolute atomic E-state index is 12.4. The van der Waals surface area contributed by atoms with Crippen molar-refractivity contribution in [2.45, 2.75) is 10.6 Å². The van der Waals surface area contributed by atoms with E-state index in [1.165, 1.54) is 0 Å². The Bertz CT molecular complexity index is 657. The lowest BCUT2D eigenvalue weighted by Crippen LogP contribution is -2.33. The summed E-state index contributed by atoms with van der Waals surface area (Å²) in [5.74, 6) is -0.224. The molecule has 11 heteroatoms. The number of hydrogen-bond donors (Lipinski definition) is 1. The minimum atomic E-state index is -3.87. The van der Waals surface area contributed by atoms with Gasteiger partial charge in [0.25, 0.3) is 15.7 Å². The number of nitrogens with zero attached hydrogens (tertiary/aromatic N) is 2. The monoisotopic (exact) mass is 339 g/mol. The van der Waals surface area contributed by atoms with Gasteiger partial charge in [0.05, 0.1) is 4.92 Å². The molecule has 110 valence electrons. The number of hydrogen-bond acceptors (Lipinski definition) is 6. The van der Waals surface area contributed by atoms with E-state index in [-0.39, 0.29) is 40.5 Å². The molecule has 0 radical (unpaired) electrons. The van der Waals surface area contributed by atoms with Gasteiger partial charge in [-0.15, -0.1) is 11.3 Å². The molecule has 0 aromatic carbocycles. The summed E-state index contributed by atoms with van der Waals surface area (Å²) in [7, 11) is -3.87. The van der Waals surface area contributed by atoms with Crippen LogP contribution in [-0.2, 0) is 14.8 Å². The number of nitro groups is 1. The van der Waals surface area contributed by atoms with Gasteiger partial charge in [0.2, 0.25) is 5.91 Å². The van der Waals surface area contributed by atoms with Gasteiger partial charge in [0.1, 0.15) is 4.21 Å². The molecule has 2 heterocycles. The second kappa shape index (κ2) is 5.64. The van der Waals surface area contributed by atoms with E-state index in [0.29, 0.717) is 11.3 Å². The van der Waals surface area contributed by atoms with Gasteiger partial charge >= 0.3 is 0 Å². The summed E-state index contributed by atoms with van der Waals surface area (Å²) >= 11 is 6.31. The highest BCUT2D eigenvalue weighted by Gasteiger charge is 2.31. The molecular weight excluding hydrogens is 330 g/mol. The fraction of sp³-hybridized carbons (Fsp3) is 0.444. The molecular formula is C9H10ClN3O5S2. The number of thiophene rings is 1. The van der Waals surface area contributed by atoms with Crippen LogP contribution in [0, 0.1) is 10.1 Å². The lowest BCUT2D eigenvalue weighted by atomic mass is 10.4. The van der Waals surface area contributed by atoms with E-state index in [0.717, 1.165) is 10.4 Å². The highest BCUT2D eigenvalue weighted by molar-refractivity contribution is 7.91. The standard InChI is InChI=1S/C9H10ClN3O5S2/c10-9-6(13(15)16)5-8(19-9)20(17,18)12-3-1-7(14)11-2-4-12/h5H,1-4H2,(H,11,14). The van der Waals surface area contributed by atoms with Gasteiger partial charge in [0.15, 0.2) is 4.34 Å². The van der Waals surface area contributed by atoms with E-state index in [9.17, 15) is 23.3 Å². The van der Waals surface area contributed by atoms with Gasteiger partial charge in [-0.1, -0.05) is 11.6 Å². The molecule has 1 aliphatic heterocycles. The Kier molecular flexibility index (Phi) is 4.28. The Hall–Kier alpha value is -1.23. The highest BCUT2D eigenvalue weighted by Crippen LogP contribution is 2.37. The number of carbonyl (C=O) groups excluding carboxylic acids is 1. The lowest BCUT2D eigenvalue weighted by Gasteiger charge is -2.17. The molecule has 0 unspecified atom stereocenters. The molecule has 1 amide bonds. The minimum Gasteiger partial charge on any atom is -0.355 e. The van der Waals surface area contributed by atoms with Crippen molar-refractivity contribution in [3.8, 4) is 0 Å². The maximum atomic E-state index is 12.4. The van der Waals surface area contributed by atoms with E-state index in [1.807, 2.05) is 0 Å². The second-order valence-electron chi connectivity index (χ2n) is 3.99. The Balaban J connectivity index is 2.32. The molecule has 1 saturated heterocycles. The van der Waals surface area contributed by atoms with Gasteiger partial charge in [-0.2, -0.15) is 4.31 Å². The number of amides is 1. The molecule has 8 nitrogen and oxygen atoms in total. The molecule has 0 saturated carbocycles. The molecule has 0 atom stereocenters. The zero-order valence-corrected chi connectivity index (χ0v) is 12.4. The van der Waals surface area contributed by atoms with E-state index in [4.69, 9.17) is 11.6 Å². The van der Waals surface area contributed by atoms with Crippen LogP contribution in [0.25, 0.3) is 0 Å². The van der Waals surface area contributed by atoms with Crippen molar-refractivity contribution in [1.82, 2.24) is 9.62 Å². The van der Waals surface area contributed by atoms with Crippen LogP contribution < -0.4 is 5.32 Å². The van der Waals surface area contributed by atoms with Crippen LogP contribution in [0.2, 0.25) is 4.34 Å². The third-order valence-corrected chi connectivity index (χ3v) is 6.39. The van der Waals surface area contributed by atoms with Crippen molar-refractivity contribution < 1.29 is 18.1 Å². The van der Waals surface area contributed by atoms with Crippen LogP contribution >= 0.6 is 22.9 Å². The molecule has 1 N–H and O–H groups in total. The average Bonchev–Trinajstić information content (AvgIpc) is 2.62. The normalized spacial score (nSPS) is 17.6. The Morgan fingerprint density at radius 1 is 1.45 bits per heavy atom. The predicted molar refractivity (Wildman–Crippen MR) is 72.4 cm³/mol. The van der Waals surface area contributed by atoms with Crippen LogP contribution in [0.1, 0.15) is 6.42 Å². The summed E-state index contributed by atoms with van der Waals surface area (Å²) in [6.07, 6.45) is 0.0560. The van der Waals surface area contributed by atoms with Crippen molar-refractivity contribution in [1.29, 1.82) is 0 Å². The first-order valence-corrected chi connectivity index (χ1v) is 8.16. The average molecular weight is 340 g/mol. The lowest BCUT2D eigenvalue weighted by molar-refractivity contribution is -0.384. The molecule has 1 fully saturated rings. The predicted octanol–water partition coefficient (Wildman–Crippen LogP) is 0.820. The topological polar surface area (TPSA) is 110 Å². The van der Waals surface area contributed by atoms with Gasteiger partial charge < -0.3 is 5.32 Å². The first-order valence-electron chi connectivity index (χ1n) is 5.53. The number of nitrogens with one attached hydrogen (secondary N) is 1. The summed E-state index contributed by atoms with van der Waals surface area (Å²) in [4.78, 5) is 21.2. The fourth-order valence-corrected chi connectivity index (χ4v) is 4.97. The van der Waals surface area contributed by atoms with Crippen molar-refractivity contribution in [3.63, 3.8) is 0 Å². The van der Waals surface area contributed by atoms with Crippen molar-refractivity contribution in [2.24, 2.45) is 0 Å². The first-order chi connectivity index (χ1) is 9.32. The molecule has 20 heavy (non-hydrogen) atoms. The van der Waals surface area contributed by atoms with Crippen molar-refractivity contribution in [3.05, 3.63) is 20.5 Å². The zero-order chi connectivity index (χ0) is 14.9. The highest BCUT2D eigenvalue weighted by atomic mass is 35.5. The van der Waals surface area contributed by atoms with Crippen LogP contribution in [0.15, 0.2) is 10.3 Å². The maximum Gasteiger partial charge on any atom is 0.300 e. The molecule has 0 bridgehead atoms. The van der Waals surface area contributed by atoms with Gasteiger partial charge in [-0.25, -0.2) is 8.42 Å².